The first-order valence-corrected chi connectivity index (χ1v) is 8.60. The third kappa shape index (κ3) is 3.80. The molecule has 5 heteroatoms. The van der Waals surface area contributed by atoms with Crippen LogP contribution in [-0.2, 0) is 17.6 Å². The maximum absolute atomic E-state index is 12.3. The summed E-state index contributed by atoms with van der Waals surface area (Å²) in [6.07, 6.45) is 1.54. The first-order chi connectivity index (χ1) is 12.1. The summed E-state index contributed by atoms with van der Waals surface area (Å²) in [7, 11) is 1.65. The van der Waals surface area contributed by atoms with Crippen molar-refractivity contribution >= 4 is 28.5 Å². The van der Waals surface area contributed by atoms with Crippen LogP contribution in [0.1, 0.15) is 28.5 Å². The third-order valence-electron chi connectivity index (χ3n) is 4.17. The van der Waals surface area contributed by atoms with E-state index in [9.17, 15) is 4.79 Å². The van der Waals surface area contributed by atoms with Crippen molar-refractivity contribution in [3.05, 3.63) is 64.3 Å². The quantitative estimate of drug-likeness (QED) is 0.645. The van der Waals surface area contributed by atoms with Gasteiger partial charge in [0.25, 0.3) is 0 Å². The van der Waals surface area contributed by atoms with Crippen molar-refractivity contribution < 1.29 is 14.3 Å². The van der Waals surface area contributed by atoms with Gasteiger partial charge in [-0.15, -0.1) is 0 Å². The normalized spacial score (nSPS) is 10.8. The molecule has 0 unspecified atom stereocenters. The summed E-state index contributed by atoms with van der Waals surface area (Å²) in [5, 5.41) is 1.63. The van der Waals surface area contributed by atoms with Gasteiger partial charge in [-0.05, 0) is 55.2 Å². The van der Waals surface area contributed by atoms with E-state index in [0.717, 1.165) is 35.1 Å². The molecule has 0 amide bonds. The van der Waals surface area contributed by atoms with Crippen LogP contribution in [0, 0.1) is 0 Å². The summed E-state index contributed by atoms with van der Waals surface area (Å²) in [6, 6.07) is 13.6. The molecule has 4 nitrogen and oxygen atoms in total. The van der Waals surface area contributed by atoms with Crippen molar-refractivity contribution in [1.29, 1.82) is 0 Å². The largest absolute Gasteiger partial charge is 0.497 e. The van der Waals surface area contributed by atoms with E-state index < -0.39 is 0 Å². The maximum atomic E-state index is 12.3. The number of hydrogen-bond acceptors (Lipinski definition) is 3. The number of nitrogens with one attached hydrogen (secondary N) is 1. The van der Waals surface area contributed by atoms with Gasteiger partial charge in [0.15, 0.2) is 0 Å². The Morgan fingerprint density at radius 3 is 2.56 bits per heavy atom. The smallest absolute Gasteiger partial charge is 0.355 e. The van der Waals surface area contributed by atoms with Crippen LogP contribution in [0.4, 0.5) is 0 Å². The zero-order chi connectivity index (χ0) is 17.8. The van der Waals surface area contributed by atoms with Gasteiger partial charge in [-0.2, -0.15) is 0 Å². The van der Waals surface area contributed by atoms with E-state index in [-0.39, 0.29) is 5.97 Å². The van der Waals surface area contributed by atoms with Crippen LogP contribution in [0.5, 0.6) is 5.75 Å². The molecule has 3 rings (SSSR count). The van der Waals surface area contributed by atoms with E-state index in [1.54, 1.807) is 14.0 Å². The molecule has 25 heavy (non-hydrogen) atoms. The standard InChI is InChI=1S/C20H20ClNO3/c1-3-25-20(23)19-17(16-11-7-14(21)12-18(16)22-19)10-6-13-4-8-15(24-2)9-5-13/h4-5,7-9,11-12,22H,3,6,10H2,1-2H3. The van der Waals surface area contributed by atoms with Crippen molar-refractivity contribution in [2.75, 3.05) is 13.7 Å². The Balaban J connectivity index is 1.91. The number of carbonyl (C=O) groups is 1. The number of H-pyrrole nitrogens is 1. The number of benzene rings is 2. The summed E-state index contributed by atoms with van der Waals surface area (Å²) in [6.45, 7) is 2.14. The van der Waals surface area contributed by atoms with Gasteiger partial charge >= 0.3 is 5.97 Å². The Bertz CT molecular complexity index is 884. The number of carbonyl (C=O) groups excluding carboxylic acids is 1. The summed E-state index contributed by atoms with van der Waals surface area (Å²) in [5.74, 6) is 0.497. The highest BCUT2D eigenvalue weighted by atomic mass is 35.5. The number of esters is 1. The summed E-state index contributed by atoms with van der Waals surface area (Å²) in [4.78, 5) is 15.5. The highest BCUT2D eigenvalue weighted by molar-refractivity contribution is 6.31. The Morgan fingerprint density at radius 2 is 1.88 bits per heavy atom. The maximum Gasteiger partial charge on any atom is 0.355 e. The van der Waals surface area contributed by atoms with Crippen molar-refractivity contribution in [2.24, 2.45) is 0 Å². The molecule has 0 fully saturated rings. The van der Waals surface area contributed by atoms with Gasteiger partial charge in [0.05, 0.1) is 13.7 Å². The van der Waals surface area contributed by atoms with Gasteiger partial charge in [-0.1, -0.05) is 29.8 Å². The van der Waals surface area contributed by atoms with Crippen LogP contribution in [0.3, 0.4) is 0 Å². The second-order valence-electron chi connectivity index (χ2n) is 5.74. The molecule has 0 spiro atoms. The predicted molar refractivity (Wildman–Crippen MR) is 99.7 cm³/mol. The highest BCUT2D eigenvalue weighted by Gasteiger charge is 2.18. The molecule has 0 bridgehead atoms. The number of aromatic amines is 1. The fraction of sp³-hybridized carbons (Fsp3) is 0.250. The van der Waals surface area contributed by atoms with Gasteiger partial charge < -0.3 is 14.5 Å². The van der Waals surface area contributed by atoms with Gasteiger partial charge in [-0.25, -0.2) is 4.79 Å². The predicted octanol–water partition coefficient (Wildman–Crippen LogP) is 4.79. The highest BCUT2D eigenvalue weighted by Crippen LogP contribution is 2.27. The molecular formula is C20H20ClNO3. The fourth-order valence-corrected chi connectivity index (χ4v) is 3.10. The van der Waals surface area contributed by atoms with Gasteiger partial charge in [0, 0.05) is 15.9 Å². The number of fused-ring (bicyclic) bond motifs is 1. The van der Waals surface area contributed by atoms with Crippen LogP contribution in [0.25, 0.3) is 10.9 Å². The first-order valence-electron chi connectivity index (χ1n) is 8.22. The Hall–Kier alpha value is -2.46. The van der Waals surface area contributed by atoms with Crippen molar-refractivity contribution in [2.45, 2.75) is 19.8 Å². The lowest BCUT2D eigenvalue weighted by atomic mass is 10.0. The lowest BCUT2D eigenvalue weighted by molar-refractivity contribution is 0.0519. The molecule has 0 aliphatic carbocycles. The molecule has 3 aromatic rings. The van der Waals surface area contributed by atoms with E-state index in [4.69, 9.17) is 21.1 Å². The van der Waals surface area contributed by atoms with Crippen LogP contribution >= 0.6 is 11.6 Å². The number of ether oxygens (including phenoxy) is 2. The molecule has 0 aliphatic heterocycles. The molecule has 0 atom stereocenters. The Labute approximate surface area is 151 Å². The van der Waals surface area contributed by atoms with Gasteiger partial charge in [0.2, 0.25) is 0 Å². The van der Waals surface area contributed by atoms with Crippen molar-refractivity contribution in [1.82, 2.24) is 4.98 Å². The molecule has 1 heterocycles. The monoisotopic (exact) mass is 357 g/mol. The minimum atomic E-state index is -0.334. The van der Waals surface area contributed by atoms with Gasteiger partial charge in [-0.3, -0.25) is 0 Å². The second-order valence-corrected chi connectivity index (χ2v) is 6.17. The average Bonchev–Trinajstić information content (AvgIpc) is 2.98. The van der Waals surface area contributed by atoms with E-state index >= 15 is 0 Å². The van der Waals surface area contributed by atoms with Gasteiger partial charge in [0.1, 0.15) is 11.4 Å². The SMILES string of the molecule is CCOC(=O)c1[nH]c2cc(Cl)ccc2c1CCc1ccc(OC)cc1. The van der Waals surface area contributed by atoms with E-state index in [2.05, 4.69) is 4.98 Å². The number of rotatable bonds is 6. The number of halogens is 1. The first kappa shape index (κ1) is 17.4. The molecule has 130 valence electrons. The number of methoxy groups -OCH3 is 1. The van der Waals surface area contributed by atoms with E-state index in [1.807, 2.05) is 42.5 Å². The number of hydrogen-bond donors (Lipinski definition) is 1. The van der Waals surface area contributed by atoms with Crippen molar-refractivity contribution in [3.8, 4) is 5.75 Å². The topological polar surface area (TPSA) is 51.3 Å². The Morgan fingerprint density at radius 1 is 1.12 bits per heavy atom. The fourth-order valence-electron chi connectivity index (χ4n) is 2.93. The zero-order valence-electron chi connectivity index (χ0n) is 14.3. The minimum absolute atomic E-state index is 0.334. The molecule has 0 saturated carbocycles. The molecule has 1 aromatic heterocycles. The second kappa shape index (κ2) is 7.62. The molecule has 0 saturated heterocycles. The zero-order valence-corrected chi connectivity index (χ0v) is 15.0. The molecule has 1 N–H and O–H groups in total. The average molecular weight is 358 g/mol. The number of aryl methyl sites for hydroxylation is 2. The van der Waals surface area contributed by atoms with E-state index in [1.165, 1.54) is 5.56 Å². The molecule has 0 radical (unpaired) electrons. The molecule has 2 aromatic carbocycles. The molecule has 0 aliphatic rings. The summed E-state index contributed by atoms with van der Waals surface area (Å²) >= 11 is 6.07. The van der Waals surface area contributed by atoms with Crippen LogP contribution in [0.15, 0.2) is 42.5 Å². The van der Waals surface area contributed by atoms with Crippen LogP contribution < -0.4 is 4.74 Å². The van der Waals surface area contributed by atoms with Crippen LogP contribution in [0.2, 0.25) is 5.02 Å². The van der Waals surface area contributed by atoms with Crippen molar-refractivity contribution in [3.63, 3.8) is 0 Å². The molecular weight excluding hydrogens is 338 g/mol. The lowest BCUT2D eigenvalue weighted by Crippen LogP contribution is -2.08. The van der Waals surface area contributed by atoms with E-state index in [0.29, 0.717) is 17.3 Å². The minimum Gasteiger partial charge on any atom is -0.497 e. The summed E-state index contributed by atoms with van der Waals surface area (Å²) in [5.41, 5.74) is 3.49. The third-order valence-corrected chi connectivity index (χ3v) is 4.41. The Kier molecular flexibility index (Phi) is 5.29. The summed E-state index contributed by atoms with van der Waals surface area (Å²) < 4.78 is 10.4. The lowest BCUT2D eigenvalue weighted by Gasteiger charge is -2.06. The van der Waals surface area contributed by atoms with Crippen LogP contribution in [-0.4, -0.2) is 24.7 Å². The number of aromatic nitrogens is 1.